The standard InChI is InChI=1S/C22H29NO/c1-15(2)14-18-10-12-19(13-11-18)17(5)22(24)23-21-9-7-6-8-20(21)16(3)4/h6-13,15-17H,14H2,1-5H3,(H,23,24)/t17-/m1/s1. The van der Waals surface area contributed by atoms with Gasteiger partial charge < -0.3 is 5.32 Å². The van der Waals surface area contributed by atoms with Crippen molar-refractivity contribution in [2.45, 2.75) is 52.9 Å². The van der Waals surface area contributed by atoms with Crippen molar-refractivity contribution in [2.75, 3.05) is 5.32 Å². The Bertz CT molecular complexity index is 671. The Morgan fingerprint density at radius 3 is 2.12 bits per heavy atom. The van der Waals surface area contributed by atoms with E-state index in [1.165, 1.54) is 11.1 Å². The summed E-state index contributed by atoms with van der Waals surface area (Å²) in [5.74, 6) is 0.897. The number of rotatable bonds is 6. The van der Waals surface area contributed by atoms with Crippen molar-refractivity contribution in [1.82, 2.24) is 0 Å². The first kappa shape index (κ1) is 18.3. The molecule has 0 spiro atoms. The number of carbonyl (C=O) groups excluding carboxylic acids is 1. The maximum Gasteiger partial charge on any atom is 0.231 e. The summed E-state index contributed by atoms with van der Waals surface area (Å²) in [4.78, 5) is 12.6. The highest BCUT2D eigenvalue weighted by molar-refractivity contribution is 5.96. The lowest BCUT2D eigenvalue weighted by Gasteiger charge is -2.17. The summed E-state index contributed by atoms with van der Waals surface area (Å²) in [6.45, 7) is 10.7. The highest BCUT2D eigenvalue weighted by atomic mass is 16.1. The minimum absolute atomic E-state index is 0.0414. The molecule has 0 saturated heterocycles. The largest absolute Gasteiger partial charge is 0.325 e. The maximum atomic E-state index is 12.6. The van der Waals surface area contributed by atoms with Crippen molar-refractivity contribution in [3.8, 4) is 0 Å². The second-order valence-electron chi connectivity index (χ2n) is 7.29. The smallest absolute Gasteiger partial charge is 0.231 e. The van der Waals surface area contributed by atoms with Crippen LogP contribution >= 0.6 is 0 Å². The van der Waals surface area contributed by atoms with Gasteiger partial charge in [-0.1, -0.05) is 70.2 Å². The van der Waals surface area contributed by atoms with Gasteiger partial charge in [0.15, 0.2) is 0 Å². The highest BCUT2D eigenvalue weighted by Gasteiger charge is 2.17. The highest BCUT2D eigenvalue weighted by Crippen LogP contribution is 2.26. The van der Waals surface area contributed by atoms with Gasteiger partial charge in [0.1, 0.15) is 0 Å². The van der Waals surface area contributed by atoms with Crippen LogP contribution in [0, 0.1) is 5.92 Å². The molecule has 2 rings (SSSR count). The Balaban J connectivity index is 2.10. The molecule has 1 amide bonds. The molecule has 0 saturated carbocycles. The third-order valence-electron chi connectivity index (χ3n) is 4.36. The summed E-state index contributed by atoms with van der Waals surface area (Å²) in [6.07, 6.45) is 1.07. The zero-order valence-corrected chi connectivity index (χ0v) is 15.5. The van der Waals surface area contributed by atoms with E-state index in [0.717, 1.165) is 17.7 Å². The number of anilines is 1. The molecule has 0 radical (unpaired) electrons. The van der Waals surface area contributed by atoms with Crippen LogP contribution in [0.15, 0.2) is 48.5 Å². The van der Waals surface area contributed by atoms with E-state index in [-0.39, 0.29) is 11.8 Å². The van der Waals surface area contributed by atoms with Gasteiger partial charge in [-0.15, -0.1) is 0 Å². The van der Waals surface area contributed by atoms with E-state index >= 15 is 0 Å². The Morgan fingerprint density at radius 1 is 0.917 bits per heavy atom. The van der Waals surface area contributed by atoms with Gasteiger partial charge in [-0.2, -0.15) is 0 Å². The minimum Gasteiger partial charge on any atom is -0.325 e. The molecule has 0 unspecified atom stereocenters. The Hall–Kier alpha value is -2.09. The van der Waals surface area contributed by atoms with Crippen LogP contribution in [-0.2, 0) is 11.2 Å². The van der Waals surface area contributed by atoms with E-state index in [2.05, 4.69) is 63.3 Å². The minimum atomic E-state index is -0.168. The number of hydrogen-bond acceptors (Lipinski definition) is 1. The van der Waals surface area contributed by atoms with Gasteiger partial charge in [0.25, 0.3) is 0 Å². The number of hydrogen-bond donors (Lipinski definition) is 1. The van der Waals surface area contributed by atoms with Crippen molar-refractivity contribution >= 4 is 11.6 Å². The van der Waals surface area contributed by atoms with E-state index < -0.39 is 0 Å². The van der Waals surface area contributed by atoms with E-state index in [4.69, 9.17) is 0 Å². The van der Waals surface area contributed by atoms with Crippen LogP contribution in [-0.4, -0.2) is 5.91 Å². The van der Waals surface area contributed by atoms with Crippen molar-refractivity contribution in [3.63, 3.8) is 0 Å². The molecule has 0 aliphatic rings. The molecule has 0 bridgehead atoms. The zero-order valence-electron chi connectivity index (χ0n) is 15.5. The van der Waals surface area contributed by atoms with E-state index in [0.29, 0.717) is 11.8 Å². The summed E-state index contributed by atoms with van der Waals surface area (Å²) >= 11 is 0. The molecule has 2 aromatic carbocycles. The molecular formula is C22H29NO. The molecule has 0 heterocycles. The summed E-state index contributed by atoms with van der Waals surface area (Å²) in [5.41, 5.74) is 4.47. The van der Waals surface area contributed by atoms with Gasteiger partial charge in [-0.3, -0.25) is 4.79 Å². The molecule has 2 heteroatoms. The lowest BCUT2D eigenvalue weighted by atomic mass is 9.95. The molecule has 1 atom stereocenters. The number of benzene rings is 2. The predicted octanol–water partition coefficient (Wildman–Crippen LogP) is 5.75. The molecule has 1 N–H and O–H groups in total. The first-order chi connectivity index (χ1) is 11.4. The molecule has 2 aromatic rings. The quantitative estimate of drug-likeness (QED) is 0.720. The molecule has 24 heavy (non-hydrogen) atoms. The van der Waals surface area contributed by atoms with Gasteiger partial charge in [-0.25, -0.2) is 0 Å². The number of nitrogens with one attached hydrogen (secondary N) is 1. The van der Waals surface area contributed by atoms with Gasteiger partial charge in [0, 0.05) is 5.69 Å². The normalized spacial score (nSPS) is 12.5. The van der Waals surface area contributed by atoms with Gasteiger partial charge >= 0.3 is 0 Å². The molecule has 0 aromatic heterocycles. The first-order valence-corrected chi connectivity index (χ1v) is 8.87. The Kier molecular flexibility index (Phi) is 6.19. The van der Waals surface area contributed by atoms with Crippen LogP contribution in [0.5, 0.6) is 0 Å². The van der Waals surface area contributed by atoms with Gasteiger partial charge in [0.05, 0.1) is 5.92 Å². The average molecular weight is 323 g/mol. The molecule has 0 aliphatic heterocycles. The summed E-state index contributed by atoms with van der Waals surface area (Å²) < 4.78 is 0. The van der Waals surface area contributed by atoms with Crippen LogP contribution in [0.2, 0.25) is 0 Å². The number of carbonyl (C=O) groups is 1. The molecule has 0 fully saturated rings. The SMILES string of the molecule is CC(C)Cc1ccc([C@@H](C)C(=O)Nc2ccccc2C(C)C)cc1. The summed E-state index contributed by atoms with van der Waals surface area (Å²) in [6, 6.07) is 16.5. The molecule has 2 nitrogen and oxygen atoms in total. The van der Waals surface area contributed by atoms with E-state index in [1.807, 2.05) is 25.1 Å². The van der Waals surface area contributed by atoms with Gasteiger partial charge in [0.2, 0.25) is 5.91 Å². The predicted molar refractivity (Wildman–Crippen MR) is 103 cm³/mol. The Labute approximate surface area is 146 Å². The number of amides is 1. The molecule has 0 aliphatic carbocycles. The van der Waals surface area contributed by atoms with Gasteiger partial charge in [-0.05, 0) is 47.9 Å². The zero-order chi connectivity index (χ0) is 17.7. The fraction of sp³-hybridized carbons (Fsp3) is 0.409. The molecular weight excluding hydrogens is 294 g/mol. The average Bonchev–Trinajstić information content (AvgIpc) is 2.54. The third-order valence-corrected chi connectivity index (χ3v) is 4.36. The monoisotopic (exact) mass is 323 g/mol. The third kappa shape index (κ3) is 4.70. The van der Waals surface area contributed by atoms with Crippen molar-refractivity contribution in [3.05, 3.63) is 65.2 Å². The molecule has 128 valence electrons. The topological polar surface area (TPSA) is 29.1 Å². The van der Waals surface area contributed by atoms with Crippen LogP contribution in [0.3, 0.4) is 0 Å². The second kappa shape index (κ2) is 8.14. The van der Waals surface area contributed by atoms with E-state index in [9.17, 15) is 4.79 Å². The maximum absolute atomic E-state index is 12.6. The fourth-order valence-electron chi connectivity index (χ4n) is 2.92. The van der Waals surface area contributed by atoms with Crippen molar-refractivity contribution < 1.29 is 4.79 Å². The second-order valence-corrected chi connectivity index (χ2v) is 7.29. The van der Waals surface area contributed by atoms with Crippen molar-refractivity contribution in [2.24, 2.45) is 5.92 Å². The van der Waals surface area contributed by atoms with Crippen molar-refractivity contribution in [1.29, 1.82) is 0 Å². The van der Waals surface area contributed by atoms with E-state index in [1.54, 1.807) is 0 Å². The first-order valence-electron chi connectivity index (χ1n) is 8.87. The fourth-order valence-corrected chi connectivity index (χ4v) is 2.92. The summed E-state index contributed by atoms with van der Waals surface area (Å²) in [7, 11) is 0. The van der Waals surface area contributed by atoms with Crippen LogP contribution in [0.25, 0.3) is 0 Å². The van der Waals surface area contributed by atoms with Crippen LogP contribution < -0.4 is 5.32 Å². The summed E-state index contributed by atoms with van der Waals surface area (Å²) in [5, 5.41) is 3.10. The lowest BCUT2D eigenvalue weighted by Crippen LogP contribution is -2.20. The number of para-hydroxylation sites is 1. The Morgan fingerprint density at radius 2 is 1.54 bits per heavy atom. The van der Waals surface area contributed by atoms with Crippen LogP contribution in [0.4, 0.5) is 5.69 Å². The lowest BCUT2D eigenvalue weighted by molar-refractivity contribution is -0.117. The van der Waals surface area contributed by atoms with Crippen LogP contribution in [0.1, 0.15) is 63.1 Å².